The van der Waals surface area contributed by atoms with Crippen LogP contribution in [0.25, 0.3) is 11.0 Å². The van der Waals surface area contributed by atoms with Gasteiger partial charge in [-0.1, -0.05) is 18.2 Å². The quantitative estimate of drug-likeness (QED) is 0.110. The topological polar surface area (TPSA) is 208 Å². The highest BCUT2D eigenvalue weighted by Gasteiger charge is 2.60. The Labute approximate surface area is 300 Å². The van der Waals surface area contributed by atoms with E-state index in [1.807, 2.05) is 0 Å². The number of carbonyl (C=O) groups excluding carboxylic acids is 2. The lowest BCUT2D eigenvalue weighted by molar-refractivity contribution is -0.149. The zero-order valence-corrected chi connectivity index (χ0v) is 29.9. The summed E-state index contributed by atoms with van der Waals surface area (Å²) >= 11 is 0. The number of anilines is 1. The van der Waals surface area contributed by atoms with Gasteiger partial charge in [-0.2, -0.15) is 18.9 Å². The Kier molecular flexibility index (Phi) is 12.0. The van der Waals surface area contributed by atoms with E-state index in [1.165, 1.54) is 33.3 Å². The smallest absolute Gasteiger partial charge is 0.459 e. The number of halogens is 2. The van der Waals surface area contributed by atoms with Crippen molar-refractivity contribution in [1.82, 2.24) is 14.6 Å². The number of aromatic nitrogens is 2. The number of esters is 1. The van der Waals surface area contributed by atoms with Crippen LogP contribution >= 0.6 is 7.75 Å². The Bertz CT molecular complexity index is 2030. The van der Waals surface area contributed by atoms with Crippen LogP contribution in [-0.4, -0.2) is 77.8 Å². The number of para-hydroxylation sites is 1. The summed E-state index contributed by atoms with van der Waals surface area (Å²) in [5, 5.41) is 15.8. The van der Waals surface area contributed by atoms with Crippen LogP contribution in [0.3, 0.4) is 0 Å². The predicted octanol–water partition coefficient (Wildman–Crippen LogP) is 4.78. The minimum Gasteiger partial charge on any atom is -0.497 e. The lowest BCUT2D eigenvalue weighted by Crippen LogP contribution is -2.42. The Hall–Kier alpha value is -5.07. The summed E-state index contributed by atoms with van der Waals surface area (Å²) in [5.41, 5.74) is -0.885. The molecule has 5 rings (SSSR count). The lowest BCUT2D eigenvalue weighted by Gasteiger charge is -2.25. The third-order valence-corrected chi connectivity index (χ3v) is 9.18. The number of amides is 1. The number of ether oxygens (including phenoxy) is 5. The van der Waals surface area contributed by atoms with Gasteiger partial charge in [-0.05, 0) is 51.1 Å². The fraction of sp³-hybridized carbons (Fsp3) is 0.394. The first kappa shape index (κ1) is 39.1. The minimum absolute atomic E-state index is 0.0512. The fourth-order valence-electron chi connectivity index (χ4n) is 5.04. The Morgan fingerprint density at radius 2 is 1.81 bits per heavy atom. The normalized spacial score (nSPS) is 19.7. The van der Waals surface area contributed by atoms with Crippen molar-refractivity contribution in [2.75, 3.05) is 26.1 Å². The largest absolute Gasteiger partial charge is 0.497 e. The molecule has 5 atom stereocenters. The van der Waals surface area contributed by atoms with Crippen molar-refractivity contribution in [1.29, 1.82) is 0 Å². The zero-order chi connectivity index (χ0) is 38.5. The highest BCUT2D eigenvalue weighted by molar-refractivity contribution is 7.52. The van der Waals surface area contributed by atoms with Crippen LogP contribution in [0.2, 0.25) is 0 Å². The minimum atomic E-state index is -4.51. The molecule has 53 heavy (non-hydrogen) atoms. The fourth-order valence-corrected chi connectivity index (χ4v) is 6.54. The molecule has 1 saturated heterocycles. The van der Waals surface area contributed by atoms with Gasteiger partial charge >= 0.3 is 31.4 Å². The number of rotatable bonds is 15. The number of aliphatic hydroxyl groups is 1. The highest BCUT2D eigenvalue weighted by atomic mass is 31.2. The van der Waals surface area contributed by atoms with Crippen LogP contribution in [0.15, 0.2) is 70.0 Å². The molecule has 0 radical (unpaired) electrons. The summed E-state index contributed by atoms with van der Waals surface area (Å²) in [5.74, 6) is -4.00. The molecule has 2 aromatic carbocycles. The number of furan rings is 1. The van der Waals surface area contributed by atoms with Crippen molar-refractivity contribution < 1.29 is 65.2 Å². The number of nitrogens with zero attached hydrogens (tertiary/aromatic N) is 2. The van der Waals surface area contributed by atoms with Crippen molar-refractivity contribution in [3.63, 3.8) is 0 Å². The molecule has 0 saturated carbocycles. The van der Waals surface area contributed by atoms with Crippen LogP contribution in [0.5, 0.6) is 17.2 Å². The molecule has 286 valence electrons. The number of alkyl halides is 2. The van der Waals surface area contributed by atoms with E-state index >= 15 is 8.78 Å². The van der Waals surface area contributed by atoms with E-state index in [2.05, 4.69) is 15.4 Å². The second-order valence-corrected chi connectivity index (χ2v) is 13.5. The second kappa shape index (κ2) is 16.3. The summed E-state index contributed by atoms with van der Waals surface area (Å²) in [6.45, 7) is 3.28. The van der Waals surface area contributed by atoms with E-state index in [-0.39, 0.29) is 23.9 Å². The van der Waals surface area contributed by atoms with Crippen LogP contribution in [0, 0.1) is 0 Å². The van der Waals surface area contributed by atoms with Gasteiger partial charge in [0.1, 0.15) is 35.2 Å². The standard InChI is InChI=1S/C33H37F2N4O13P/c1-18(2)49-29(41)19(3)38-53(44,52-21-9-7-6-8-10-21)48-17-25-28(40)33(34,35)30(51-25)39-12-11-26(36-31(39)42)37-32(43)47-16-23-14-20-13-22(45-4)15-24(46-5)27(20)50-23/h6-15,18-19,25,28,30,40H,16-17H2,1-5H3,(H,38,44)(H,36,37,42,43)/t19-,25?,28+,30?,53?/m0/s1. The SMILES string of the molecule is COc1cc(OC)c2oc(COC(=O)Nc3ccn(C4OC(COP(=O)(N[C@@H](C)C(=O)OC(C)C)Oc5ccccc5)[C@@H](O)C4(F)F)c(=O)n3)cc2c1. The molecule has 4 aromatic rings. The molecule has 0 aliphatic carbocycles. The second-order valence-electron chi connectivity index (χ2n) is 11.8. The van der Waals surface area contributed by atoms with Gasteiger partial charge in [-0.3, -0.25) is 19.2 Å². The maximum atomic E-state index is 15.4. The lowest BCUT2D eigenvalue weighted by atomic mass is 10.1. The summed E-state index contributed by atoms with van der Waals surface area (Å²) in [6.07, 6.45) is -7.47. The molecule has 20 heteroatoms. The van der Waals surface area contributed by atoms with Crippen molar-refractivity contribution in [2.45, 2.75) is 63.9 Å². The van der Waals surface area contributed by atoms with E-state index in [9.17, 15) is 24.1 Å². The van der Waals surface area contributed by atoms with Crippen molar-refractivity contribution >= 4 is 36.6 Å². The third kappa shape index (κ3) is 9.30. The zero-order valence-electron chi connectivity index (χ0n) is 29.0. The van der Waals surface area contributed by atoms with Crippen LogP contribution < -0.4 is 30.1 Å². The number of aliphatic hydroxyl groups excluding tert-OH is 1. The Morgan fingerprint density at radius 1 is 1.08 bits per heavy atom. The summed E-state index contributed by atoms with van der Waals surface area (Å²) < 4.78 is 87.6. The van der Waals surface area contributed by atoms with Gasteiger partial charge in [0, 0.05) is 17.6 Å². The first-order valence-corrected chi connectivity index (χ1v) is 17.5. The highest BCUT2D eigenvalue weighted by Crippen LogP contribution is 2.48. The number of methoxy groups -OCH3 is 2. The van der Waals surface area contributed by atoms with E-state index < -0.39 is 68.6 Å². The maximum absolute atomic E-state index is 15.4. The summed E-state index contributed by atoms with van der Waals surface area (Å²) in [4.78, 5) is 41.3. The van der Waals surface area contributed by atoms with E-state index in [0.717, 1.165) is 12.3 Å². The average molecular weight is 767 g/mol. The molecule has 0 bridgehead atoms. The van der Waals surface area contributed by atoms with Gasteiger partial charge in [-0.15, -0.1) is 0 Å². The number of carbonyl (C=O) groups is 2. The molecule has 2 aromatic heterocycles. The molecule has 1 fully saturated rings. The molecule has 1 aliphatic rings. The predicted molar refractivity (Wildman–Crippen MR) is 181 cm³/mol. The van der Waals surface area contributed by atoms with E-state index in [0.29, 0.717) is 27.0 Å². The summed E-state index contributed by atoms with van der Waals surface area (Å²) in [7, 11) is -1.57. The van der Waals surface area contributed by atoms with Crippen LogP contribution in [0.4, 0.5) is 19.4 Å². The number of hydrogen-bond acceptors (Lipinski definition) is 14. The number of fused-ring (bicyclic) bond motifs is 1. The van der Waals surface area contributed by atoms with Crippen LogP contribution in [0.1, 0.15) is 32.8 Å². The van der Waals surface area contributed by atoms with Gasteiger partial charge in [0.2, 0.25) is 6.23 Å². The molecule has 1 aliphatic heterocycles. The van der Waals surface area contributed by atoms with E-state index in [4.69, 9.17) is 37.1 Å². The first-order chi connectivity index (χ1) is 25.1. The van der Waals surface area contributed by atoms with Gasteiger partial charge in [0.15, 0.2) is 24.0 Å². The van der Waals surface area contributed by atoms with E-state index in [1.54, 1.807) is 50.2 Å². The Morgan fingerprint density at radius 3 is 2.47 bits per heavy atom. The molecular formula is C33H37F2N4O13P. The first-order valence-electron chi connectivity index (χ1n) is 16.0. The van der Waals surface area contributed by atoms with Gasteiger partial charge in [0.25, 0.3) is 0 Å². The number of nitrogens with one attached hydrogen (secondary N) is 2. The Balaban J connectivity index is 1.23. The molecule has 0 spiro atoms. The average Bonchev–Trinajstić information content (AvgIpc) is 3.63. The molecule has 17 nitrogen and oxygen atoms in total. The monoisotopic (exact) mass is 766 g/mol. The van der Waals surface area contributed by atoms with Gasteiger partial charge < -0.3 is 37.7 Å². The molecular weight excluding hydrogens is 729 g/mol. The molecule has 3 heterocycles. The number of benzene rings is 2. The molecule has 3 unspecified atom stereocenters. The molecule has 3 N–H and O–H groups in total. The van der Waals surface area contributed by atoms with Crippen molar-refractivity contribution in [2.24, 2.45) is 0 Å². The molecule has 1 amide bonds. The van der Waals surface area contributed by atoms with Gasteiger partial charge in [0.05, 0.1) is 26.9 Å². The summed E-state index contributed by atoms with van der Waals surface area (Å²) in [6, 6.07) is 12.4. The maximum Gasteiger partial charge on any atom is 0.459 e. The number of hydrogen-bond donors (Lipinski definition) is 3. The van der Waals surface area contributed by atoms with Crippen LogP contribution in [-0.2, 0) is 34.7 Å². The van der Waals surface area contributed by atoms with Crippen molar-refractivity contribution in [3.05, 3.63) is 77.0 Å². The third-order valence-electron chi connectivity index (χ3n) is 7.53. The van der Waals surface area contributed by atoms with Gasteiger partial charge in [-0.25, -0.2) is 14.2 Å². The van der Waals surface area contributed by atoms with Crippen molar-refractivity contribution in [3.8, 4) is 17.2 Å².